The summed E-state index contributed by atoms with van der Waals surface area (Å²) in [5.41, 5.74) is 0. The summed E-state index contributed by atoms with van der Waals surface area (Å²) in [6, 6.07) is 0. The predicted octanol–water partition coefficient (Wildman–Crippen LogP) is 0.995. The first-order valence-electron chi connectivity index (χ1n) is 4.60. The molecule has 1 atom stereocenters. The molecule has 2 rings (SSSR count). The van der Waals surface area contributed by atoms with Crippen molar-refractivity contribution in [1.29, 1.82) is 0 Å². The van der Waals surface area contributed by atoms with E-state index >= 15 is 0 Å². The fraction of sp³-hybridized carbons (Fsp3) is 0.750. The molecule has 5 nitrogen and oxygen atoms in total. The van der Waals surface area contributed by atoms with Crippen LogP contribution < -0.4 is 10.1 Å². The van der Waals surface area contributed by atoms with E-state index in [1.165, 1.54) is 11.3 Å². The van der Waals surface area contributed by atoms with E-state index in [0.717, 1.165) is 24.8 Å². The number of nitrogens with zero attached hydrogens (tertiary/aromatic N) is 2. The maximum atomic E-state index is 5.50. The third-order valence-corrected chi connectivity index (χ3v) is 2.94. The van der Waals surface area contributed by atoms with Crippen molar-refractivity contribution in [2.45, 2.75) is 6.42 Å². The second-order valence-corrected chi connectivity index (χ2v) is 4.10. The monoisotopic (exact) mass is 215 g/mol. The number of hydrogen-bond donors (Lipinski definition) is 1. The topological polar surface area (TPSA) is 56.3 Å². The second kappa shape index (κ2) is 4.56. The summed E-state index contributed by atoms with van der Waals surface area (Å²) >= 11 is 1.42. The van der Waals surface area contributed by atoms with Crippen LogP contribution in [0.2, 0.25) is 0 Å². The highest BCUT2D eigenvalue weighted by molar-refractivity contribution is 7.16. The normalized spacial score (nSPS) is 21.1. The van der Waals surface area contributed by atoms with Crippen molar-refractivity contribution < 1.29 is 9.47 Å². The molecule has 0 spiro atoms. The standard InChI is InChI=1S/C8H13N3O2S/c1-9-7-10-11-8(14-7)13-5-6-2-3-12-4-6/h6H,2-5H2,1H3,(H,9,10). The van der Waals surface area contributed by atoms with Gasteiger partial charge in [-0.2, -0.15) is 0 Å². The molecule has 1 unspecified atom stereocenters. The fourth-order valence-corrected chi connectivity index (χ4v) is 1.83. The highest BCUT2D eigenvalue weighted by atomic mass is 32.1. The van der Waals surface area contributed by atoms with Gasteiger partial charge in [0, 0.05) is 19.6 Å². The Balaban J connectivity index is 1.79. The van der Waals surface area contributed by atoms with Crippen LogP contribution in [0.4, 0.5) is 5.13 Å². The number of rotatable bonds is 4. The van der Waals surface area contributed by atoms with Crippen LogP contribution in [-0.4, -0.2) is 37.1 Å². The molecule has 0 radical (unpaired) electrons. The van der Waals surface area contributed by atoms with E-state index in [0.29, 0.717) is 17.7 Å². The van der Waals surface area contributed by atoms with Crippen LogP contribution in [0.25, 0.3) is 0 Å². The highest BCUT2D eigenvalue weighted by Gasteiger charge is 2.17. The Bertz CT molecular complexity index is 286. The molecule has 1 N–H and O–H groups in total. The quantitative estimate of drug-likeness (QED) is 0.812. The summed E-state index contributed by atoms with van der Waals surface area (Å²) in [7, 11) is 1.81. The van der Waals surface area contributed by atoms with Crippen molar-refractivity contribution in [1.82, 2.24) is 10.2 Å². The molecule has 0 amide bonds. The number of anilines is 1. The average molecular weight is 215 g/mol. The molecule has 14 heavy (non-hydrogen) atoms. The molecular formula is C8H13N3O2S. The maximum absolute atomic E-state index is 5.50. The molecule has 0 bridgehead atoms. The molecule has 1 aromatic rings. The van der Waals surface area contributed by atoms with Crippen molar-refractivity contribution in [3.63, 3.8) is 0 Å². The smallest absolute Gasteiger partial charge is 0.295 e. The van der Waals surface area contributed by atoms with Gasteiger partial charge in [-0.25, -0.2) is 0 Å². The van der Waals surface area contributed by atoms with Gasteiger partial charge in [-0.05, 0) is 17.8 Å². The Morgan fingerprint density at radius 1 is 1.64 bits per heavy atom. The number of nitrogens with one attached hydrogen (secondary N) is 1. The predicted molar refractivity (Wildman–Crippen MR) is 53.9 cm³/mol. The maximum Gasteiger partial charge on any atom is 0.295 e. The van der Waals surface area contributed by atoms with E-state index in [1.807, 2.05) is 7.05 Å². The molecule has 1 aliphatic rings. The van der Waals surface area contributed by atoms with Crippen LogP contribution in [0, 0.1) is 5.92 Å². The van der Waals surface area contributed by atoms with E-state index in [1.54, 1.807) is 0 Å². The van der Waals surface area contributed by atoms with E-state index in [4.69, 9.17) is 9.47 Å². The Kier molecular flexibility index (Phi) is 3.15. The first-order chi connectivity index (χ1) is 6.88. The van der Waals surface area contributed by atoms with E-state index in [-0.39, 0.29) is 0 Å². The largest absolute Gasteiger partial charge is 0.469 e. The van der Waals surface area contributed by atoms with Gasteiger partial charge in [0.1, 0.15) is 0 Å². The lowest BCUT2D eigenvalue weighted by Crippen LogP contribution is -2.11. The minimum Gasteiger partial charge on any atom is -0.469 e. The minimum absolute atomic E-state index is 0.511. The van der Waals surface area contributed by atoms with Gasteiger partial charge in [-0.1, -0.05) is 5.10 Å². The van der Waals surface area contributed by atoms with Crippen LogP contribution in [0.5, 0.6) is 5.19 Å². The third kappa shape index (κ3) is 2.33. The zero-order valence-corrected chi connectivity index (χ0v) is 8.84. The van der Waals surface area contributed by atoms with Gasteiger partial charge in [-0.3, -0.25) is 0 Å². The first-order valence-corrected chi connectivity index (χ1v) is 5.42. The summed E-state index contributed by atoms with van der Waals surface area (Å²) in [5, 5.41) is 12.1. The van der Waals surface area contributed by atoms with Crippen molar-refractivity contribution in [3.8, 4) is 5.19 Å². The van der Waals surface area contributed by atoms with E-state index in [2.05, 4.69) is 15.5 Å². The van der Waals surface area contributed by atoms with Crippen LogP contribution >= 0.6 is 11.3 Å². The molecule has 1 fully saturated rings. The van der Waals surface area contributed by atoms with Crippen molar-refractivity contribution >= 4 is 16.5 Å². The van der Waals surface area contributed by atoms with Crippen molar-refractivity contribution in [3.05, 3.63) is 0 Å². The van der Waals surface area contributed by atoms with Gasteiger partial charge < -0.3 is 14.8 Å². The molecule has 1 saturated heterocycles. The van der Waals surface area contributed by atoms with Crippen LogP contribution in [0.1, 0.15) is 6.42 Å². The Morgan fingerprint density at radius 3 is 3.21 bits per heavy atom. The van der Waals surface area contributed by atoms with Crippen LogP contribution in [-0.2, 0) is 4.74 Å². The van der Waals surface area contributed by atoms with Gasteiger partial charge >= 0.3 is 0 Å². The van der Waals surface area contributed by atoms with Crippen LogP contribution in [0.15, 0.2) is 0 Å². The second-order valence-electron chi connectivity index (χ2n) is 3.16. The van der Waals surface area contributed by atoms with E-state index in [9.17, 15) is 0 Å². The third-order valence-electron chi connectivity index (χ3n) is 2.09. The van der Waals surface area contributed by atoms with Gasteiger partial charge in [0.15, 0.2) is 0 Å². The summed E-state index contributed by atoms with van der Waals surface area (Å²) in [6.07, 6.45) is 1.08. The van der Waals surface area contributed by atoms with Gasteiger partial charge in [0.25, 0.3) is 5.19 Å². The SMILES string of the molecule is CNc1nnc(OCC2CCOC2)s1. The Labute approximate surface area is 86.4 Å². The Hall–Kier alpha value is -0.880. The molecular weight excluding hydrogens is 202 g/mol. The molecule has 0 aliphatic carbocycles. The highest BCUT2D eigenvalue weighted by Crippen LogP contribution is 2.23. The average Bonchev–Trinajstić information content (AvgIpc) is 2.86. The lowest BCUT2D eigenvalue weighted by molar-refractivity contribution is 0.166. The molecule has 6 heteroatoms. The number of ether oxygens (including phenoxy) is 2. The molecule has 0 saturated carbocycles. The summed E-state index contributed by atoms with van der Waals surface area (Å²) in [4.78, 5) is 0. The van der Waals surface area contributed by atoms with Gasteiger partial charge in [0.2, 0.25) is 5.13 Å². The summed E-state index contributed by atoms with van der Waals surface area (Å²) in [6.45, 7) is 2.34. The zero-order valence-electron chi connectivity index (χ0n) is 8.02. The molecule has 1 aliphatic heterocycles. The molecule has 78 valence electrons. The summed E-state index contributed by atoms with van der Waals surface area (Å²) < 4.78 is 10.7. The van der Waals surface area contributed by atoms with Crippen molar-refractivity contribution in [2.24, 2.45) is 5.92 Å². The first kappa shape index (κ1) is 9.67. The molecule has 2 heterocycles. The number of aromatic nitrogens is 2. The fourth-order valence-electron chi connectivity index (χ4n) is 1.27. The lowest BCUT2D eigenvalue weighted by atomic mass is 10.1. The van der Waals surface area contributed by atoms with Crippen LogP contribution in [0.3, 0.4) is 0 Å². The molecule has 0 aromatic carbocycles. The lowest BCUT2D eigenvalue weighted by Gasteiger charge is -2.05. The van der Waals surface area contributed by atoms with Gasteiger partial charge in [-0.15, -0.1) is 5.10 Å². The molecule has 1 aromatic heterocycles. The number of hydrogen-bond acceptors (Lipinski definition) is 6. The zero-order chi connectivity index (χ0) is 9.80. The Morgan fingerprint density at radius 2 is 2.57 bits per heavy atom. The van der Waals surface area contributed by atoms with Crippen molar-refractivity contribution in [2.75, 3.05) is 32.2 Å². The van der Waals surface area contributed by atoms with Gasteiger partial charge in [0.05, 0.1) is 13.2 Å². The van der Waals surface area contributed by atoms with E-state index < -0.39 is 0 Å². The summed E-state index contributed by atoms with van der Waals surface area (Å²) in [5.74, 6) is 0.511. The minimum atomic E-state index is 0.511.